The highest BCUT2D eigenvalue weighted by atomic mass is 35.5. The maximum absolute atomic E-state index is 13.2. The van der Waals surface area contributed by atoms with Crippen LogP contribution in [0.4, 0.5) is 24.7 Å². The molecule has 0 radical (unpaired) electrons. The lowest BCUT2D eigenvalue weighted by Crippen LogP contribution is -2.39. The first-order chi connectivity index (χ1) is 13.8. The smallest absolute Gasteiger partial charge is 0.338 e. The fourth-order valence-electron chi connectivity index (χ4n) is 3.55. The molecule has 0 unspecified atom stereocenters. The summed E-state index contributed by atoms with van der Waals surface area (Å²) in [5.41, 5.74) is 7.05. The van der Waals surface area contributed by atoms with Crippen molar-refractivity contribution in [1.29, 1.82) is 0 Å². The Kier molecular flexibility index (Phi) is 5.37. The Hall–Kier alpha value is -2.36. The average Bonchev–Trinajstić information content (AvgIpc) is 3.08. The third kappa shape index (κ3) is 4.31. The lowest BCUT2D eigenvalue weighted by Gasteiger charge is -2.29. The van der Waals surface area contributed by atoms with Gasteiger partial charge >= 0.3 is 6.18 Å². The van der Waals surface area contributed by atoms with Gasteiger partial charge in [-0.05, 0) is 55.8 Å². The number of hydrogen-bond acceptors (Lipinski definition) is 5. The zero-order valence-corrected chi connectivity index (χ0v) is 16.2. The van der Waals surface area contributed by atoms with Crippen LogP contribution in [0.2, 0.25) is 5.02 Å². The van der Waals surface area contributed by atoms with Gasteiger partial charge in [0.05, 0.1) is 10.6 Å². The molecule has 0 bridgehead atoms. The second kappa shape index (κ2) is 7.81. The van der Waals surface area contributed by atoms with Gasteiger partial charge in [0, 0.05) is 24.5 Å². The number of aromatic nitrogens is 3. The van der Waals surface area contributed by atoms with Gasteiger partial charge in [0.1, 0.15) is 11.8 Å². The number of nitrogens with zero attached hydrogens (tertiary/aromatic N) is 4. The summed E-state index contributed by atoms with van der Waals surface area (Å²) >= 11 is 5.71. The van der Waals surface area contributed by atoms with Crippen LogP contribution in [0.25, 0.3) is 5.52 Å². The van der Waals surface area contributed by atoms with E-state index in [1.54, 1.807) is 4.52 Å². The lowest BCUT2D eigenvalue weighted by molar-refractivity contribution is -0.137. The third-order valence-corrected chi connectivity index (χ3v) is 5.43. The summed E-state index contributed by atoms with van der Waals surface area (Å²) in [5.74, 6) is 0.434. The summed E-state index contributed by atoms with van der Waals surface area (Å²) in [4.78, 5) is 6.56. The van der Waals surface area contributed by atoms with Crippen LogP contribution >= 0.6 is 11.6 Å². The van der Waals surface area contributed by atoms with E-state index in [0.29, 0.717) is 12.4 Å². The number of nitrogens with two attached hydrogens (primary N) is 1. The minimum Gasteiger partial charge on any atom is -0.338 e. The Bertz CT molecular complexity index is 1010. The summed E-state index contributed by atoms with van der Waals surface area (Å²) in [6.07, 6.45) is 0.525. The molecule has 1 fully saturated rings. The maximum Gasteiger partial charge on any atom is 0.417 e. The molecule has 154 valence electrons. The van der Waals surface area contributed by atoms with Crippen LogP contribution in [0.5, 0.6) is 0 Å². The minimum absolute atomic E-state index is 0.241. The summed E-state index contributed by atoms with van der Waals surface area (Å²) < 4.78 is 41.2. The van der Waals surface area contributed by atoms with E-state index >= 15 is 0 Å². The van der Waals surface area contributed by atoms with Crippen molar-refractivity contribution in [2.45, 2.75) is 31.6 Å². The van der Waals surface area contributed by atoms with E-state index in [2.05, 4.69) is 20.3 Å². The van der Waals surface area contributed by atoms with Gasteiger partial charge in [-0.15, -0.1) is 0 Å². The molecule has 1 aliphatic rings. The number of benzene rings is 1. The molecule has 0 atom stereocenters. The largest absolute Gasteiger partial charge is 0.417 e. The fourth-order valence-corrected chi connectivity index (χ4v) is 3.77. The number of alkyl halides is 3. The van der Waals surface area contributed by atoms with Gasteiger partial charge in [-0.1, -0.05) is 11.6 Å². The quantitative estimate of drug-likeness (QED) is 0.660. The number of anilines is 2. The molecular weight excluding hydrogens is 405 g/mol. The molecule has 0 spiro atoms. The highest BCUT2D eigenvalue weighted by Gasteiger charge is 2.33. The van der Waals surface area contributed by atoms with Crippen molar-refractivity contribution in [3.8, 4) is 0 Å². The van der Waals surface area contributed by atoms with Crippen LogP contribution in [-0.2, 0) is 12.7 Å². The van der Waals surface area contributed by atoms with Crippen molar-refractivity contribution < 1.29 is 13.2 Å². The summed E-state index contributed by atoms with van der Waals surface area (Å²) in [6, 6.07) is 5.89. The third-order valence-electron chi connectivity index (χ3n) is 5.10. The molecule has 10 heteroatoms. The van der Waals surface area contributed by atoms with Crippen molar-refractivity contribution in [1.82, 2.24) is 19.5 Å². The van der Waals surface area contributed by atoms with E-state index in [0.717, 1.165) is 43.1 Å². The highest BCUT2D eigenvalue weighted by Crippen LogP contribution is 2.37. The molecule has 0 aliphatic carbocycles. The van der Waals surface area contributed by atoms with E-state index in [4.69, 9.17) is 17.3 Å². The van der Waals surface area contributed by atoms with Crippen molar-refractivity contribution in [2.75, 3.05) is 18.4 Å². The Balaban J connectivity index is 1.64. The molecule has 2 aromatic heterocycles. The lowest BCUT2D eigenvalue weighted by atomic mass is 10.1. The number of halogens is 4. The molecule has 4 rings (SSSR count). The maximum atomic E-state index is 13.2. The first-order valence-corrected chi connectivity index (χ1v) is 9.62. The SMILES string of the molecule is NC1CCN(Cc2ccn3ncnc(Nc4ccc(Cl)c(C(F)(F)F)c4)c23)CC1. The van der Waals surface area contributed by atoms with E-state index in [1.165, 1.54) is 18.5 Å². The normalized spacial score (nSPS) is 16.4. The Morgan fingerprint density at radius 1 is 1.21 bits per heavy atom. The van der Waals surface area contributed by atoms with Crippen LogP contribution < -0.4 is 11.1 Å². The molecule has 0 amide bonds. The number of rotatable bonds is 4. The zero-order valence-electron chi connectivity index (χ0n) is 15.5. The zero-order chi connectivity index (χ0) is 20.6. The summed E-state index contributed by atoms with van der Waals surface area (Å²) in [6.45, 7) is 2.50. The number of likely N-dealkylation sites (tertiary alicyclic amines) is 1. The van der Waals surface area contributed by atoms with E-state index < -0.39 is 11.7 Å². The van der Waals surface area contributed by atoms with Gasteiger partial charge in [0.25, 0.3) is 0 Å². The number of fused-ring (bicyclic) bond motifs is 1. The Morgan fingerprint density at radius 3 is 2.69 bits per heavy atom. The van der Waals surface area contributed by atoms with Crippen LogP contribution in [0.1, 0.15) is 24.0 Å². The number of hydrogen-bond donors (Lipinski definition) is 2. The second-order valence-corrected chi connectivity index (χ2v) is 7.58. The molecule has 1 aliphatic heterocycles. The molecule has 3 heterocycles. The van der Waals surface area contributed by atoms with E-state index in [1.807, 2.05) is 12.3 Å². The molecule has 0 saturated carbocycles. The monoisotopic (exact) mass is 424 g/mol. The van der Waals surface area contributed by atoms with Crippen LogP contribution in [0, 0.1) is 0 Å². The summed E-state index contributed by atoms with van der Waals surface area (Å²) in [5, 5.41) is 6.85. The molecule has 3 N–H and O–H groups in total. The number of piperidine rings is 1. The molecule has 6 nitrogen and oxygen atoms in total. The Morgan fingerprint density at radius 2 is 1.97 bits per heavy atom. The van der Waals surface area contributed by atoms with Gasteiger partial charge in [-0.25, -0.2) is 9.50 Å². The van der Waals surface area contributed by atoms with Crippen LogP contribution in [-0.4, -0.2) is 38.6 Å². The second-order valence-electron chi connectivity index (χ2n) is 7.17. The highest BCUT2D eigenvalue weighted by molar-refractivity contribution is 6.31. The van der Waals surface area contributed by atoms with Gasteiger partial charge in [0.2, 0.25) is 0 Å². The number of nitrogens with one attached hydrogen (secondary N) is 1. The predicted molar refractivity (Wildman–Crippen MR) is 105 cm³/mol. The Labute approximate surface area is 170 Å². The van der Waals surface area contributed by atoms with Crippen molar-refractivity contribution in [3.05, 3.63) is 52.9 Å². The van der Waals surface area contributed by atoms with Crippen LogP contribution in [0.3, 0.4) is 0 Å². The molecule has 29 heavy (non-hydrogen) atoms. The van der Waals surface area contributed by atoms with Crippen molar-refractivity contribution in [2.24, 2.45) is 5.73 Å². The van der Waals surface area contributed by atoms with Gasteiger partial charge < -0.3 is 11.1 Å². The van der Waals surface area contributed by atoms with E-state index in [-0.39, 0.29) is 16.8 Å². The first-order valence-electron chi connectivity index (χ1n) is 9.24. The molecule has 1 saturated heterocycles. The fraction of sp³-hybridized carbons (Fsp3) is 0.368. The minimum atomic E-state index is -4.54. The van der Waals surface area contributed by atoms with Crippen molar-refractivity contribution >= 4 is 28.6 Å². The molecular formula is C19H20ClF3N6. The van der Waals surface area contributed by atoms with Crippen molar-refractivity contribution in [3.63, 3.8) is 0 Å². The molecule has 3 aromatic rings. The molecule has 1 aromatic carbocycles. The van der Waals surface area contributed by atoms with Gasteiger partial charge in [-0.2, -0.15) is 18.3 Å². The van der Waals surface area contributed by atoms with Gasteiger partial charge in [0.15, 0.2) is 5.82 Å². The van der Waals surface area contributed by atoms with E-state index in [9.17, 15) is 13.2 Å². The van der Waals surface area contributed by atoms with Crippen LogP contribution in [0.15, 0.2) is 36.8 Å². The average molecular weight is 425 g/mol. The standard InChI is InChI=1S/C19H20ClF3N6/c20-16-2-1-14(9-15(16)19(21,22)23)27-18-17-12(3-8-29(17)26-11-25-18)10-28-6-4-13(24)5-7-28/h1-3,8-9,11,13H,4-7,10,24H2,(H,25,26,27). The van der Waals surface area contributed by atoms with Gasteiger partial charge in [-0.3, -0.25) is 4.90 Å². The predicted octanol–water partition coefficient (Wildman–Crippen LogP) is 4.07. The summed E-state index contributed by atoms with van der Waals surface area (Å²) in [7, 11) is 0. The topological polar surface area (TPSA) is 71.5 Å². The first kappa shape index (κ1) is 19.9.